The van der Waals surface area contributed by atoms with Crippen LogP contribution in [0.1, 0.15) is 31.7 Å². The van der Waals surface area contributed by atoms with E-state index in [1.807, 2.05) is 13.0 Å². The second-order valence-corrected chi connectivity index (χ2v) is 8.59. The maximum Gasteiger partial charge on any atom is 0.211 e. The summed E-state index contributed by atoms with van der Waals surface area (Å²) in [5, 5.41) is 6.68. The van der Waals surface area contributed by atoms with E-state index in [-0.39, 0.29) is 5.41 Å². The van der Waals surface area contributed by atoms with Crippen molar-refractivity contribution in [2.75, 3.05) is 39.5 Å². The topological polar surface area (TPSA) is 73.8 Å². The first-order valence-electron chi connectivity index (χ1n) is 8.86. The van der Waals surface area contributed by atoms with Crippen LogP contribution >= 0.6 is 0 Å². The SMILES string of the molecule is CCN(CCCNC(=NC)NCC1(c2ccccc2)CC1)S(C)(=O)=O. The van der Waals surface area contributed by atoms with Gasteiger partial charge in [0.05, 0.1) is 6.26 Å². The van der Waals surface area contributed by atoms with Gasteiger partial charge in [0, 0.05) is 38.6 Å². The first-order valence-corrected chi connectivity index (χ1v) is 10.7. The summed E-state index contributed by atoms with van der Waals surface area (Å²) in [7, 11) is -1.36. The van der Waals surface area contributed by atoms with Crippen molar-refractivity contribution in [3.63, 3.8) is 0 Å². The fourth-order valence-corrected chi connectivity index (χ4v) is 3.93. The molecule has 1 aliphatic rings. The van der Waals surface area contributed by atoms with Gasteiger partial charge in [0.25, 0.3) is 0 Å². The lowest BCUT2D eigenvalue weighted by atomic mass is 9.96. The Hall–Kier alpha value is -1.60. The number of benzene rings is 1. The highest BCUT2D eigenvalue weighted by molar-refractivity contribution is 7.88. The van der Waals surface area contributed by atoms with Crippen LogP contribution in [0.4, 0.5) is 0 Å². The van der Waals surface area contributed by atoms with Gasteiger partial charge in [0.15, 0.2) is 5.96 Å². The first-order chi connectivity index (χ1) is 11.9. The van der Waals surface area contributed by atoms with Gasteiger partial charge in [-0.2, -0.15) is 0 Å². The standard InChI is InChI=1S/C18H30N4O2S/c1-4-22(25(3,23)24)14-8-13-20-17(19-2)21-15-18(11-12-18)16-9-6-5-7-10-16/h5-7,9-10H,4,8,11-15H2,1-3H3,(H2,19,20,21). The monoisotopic (exact) mass is 366 g/mol. The van der Waals surface area contributed by atoms with Gasteiger partial charge in [-0.05, 0) is 24.8 Å². The quantitative estimate of drug-likeness (QED) is 0.395. The molecule has 6 nitrogen and oxygen atoms in total. The summed E-state index contributed by atoms with van der Waals surface area (Å²) in [6.45, 7) is 4.43. The molecule has 0 aliphatic heterocycles. The summed E-state index contributed by atoms with van der Waals surface area (Å²) in [4.78, 5) is 4.26. The minimum atomic E-state index is -3.11. The molecule has 0 saturated heterocycles. The number of hydrogen-bond donors (Lipinski definition) is 2. The van der Waals surface area contributed by atoms with E-state index in [4.69, 9.17) is 0 Å². The van der Waals surface area contributed by atoms with Crippen molar-refractivity contribution in [3.8, 4) is 0 Å². The lowest BCUT2D eigenvalue weighted by Crippen LogP contribution is -2.42. The average molecular weight is 367 g/mol. The summed E-state index contributed by atoms with van der Waals surface area (Å²) < 4.78 is 24.6. The number of guanidine groups is 1. The molecule has 0 bridgehead atoms. The lowest BCUT2D eigenvalue weighted by Gasteiger charge is -2.20. The molecule has 2 N–H and O–H groups in total. The second-order valence-electron chi connectivity index (χ2n) is 6.61. The van der Waals surface area contributed by atoms with Gasteiger partial charge in [-0.1, -0.05) is 37.3 Å². The minimum absolute atomic E-state index is 0.230. The zero-order valence-corrected chi connectivity index (χ0v) is 16.3. The van der Waals surface area contributed by atoms with Crippen LogP contribution < -0.4 is 10.6 Å². The van der Waals surface area contributed by atoms with Crippen molar-refractivity contribution in [2.24, 2.45) is 4.99 Å². The second kappa shape index (κ2) is 8.67. The van der Waals surface area contributed by atoms with Gasteiger partial charge in [0.2, 0.25) is 10.0 Å². The van der Waals surface area contributed by atoms with Crippen LogP contribution in [-0.2, 0) is 15.4 Å². The first kappa shape index (κ1) is 19.7. The van der Waals surface area contributed by atoms with E-state index in [1.165, 1.54) is 29.0 Å². The molecule has 0 heterocycles. The van der Waals surface area contributed by atoms with Gasteiger partial charge in [-0.25, -0.2) is 12.7 Å². The Morgan fingerprint density at radius 1 is 1.24 bits per heavy atom. The van der Waals surface area contributed by atoms with Gasteiger partial charge >= 0.3 is 0 Å². The fraction of sp³-hybridized carbons (Fsp3) is 0.611. The smallest absolute Gasteiger partial charge is 0.211 e. The van der Waals surface area contributed by atoms with E-state index in [1.54, 1.807) is 7.05 Å². The van der Waals surface area contributed by atoms with Crippen molar-refractivity contribution >= 4 is 16.0 Å². The zero-order valence-electron chi connectivity index (χ0n) is 15.5. The molecule has 0 atom stereocenters. The highest BCUT2D eigenvalue weighted by atomic mass is 32.2. The summed E-state index contributed by atoms with van der Waals surface area (Å²) in [6.07, 6.45) is 4.39. The van der Waals surface area contributed by atoms with Crippen LogP contribution in [0.25, 0.3) is 0 Å². The highest BCUT2D eigenvalue weighted by Crippen LogP contribution is 2.47. The molecule has 140 valence electrons. The highest BCUT2D eigenvalue weighted by Gasteiger charge is 2.43. The maximum atomic E-state index is 11.6. The van der Waals surface area contributed by atoms with Crippen molar-refractivity contribution in [1.29, 1.82) is 0 Å². The Morgan fingerprint density at radius 2 is 1.92 bits per heavy atom. The van der Waals surface area contributed by atoms with E-state index in [0.29, 0.717) is 19.6 Å². The van der Waals surface area contributed by atoms with Crippen LogP contribution in [0.2, 0.25) is 0 Å². The molecule has 0 spiro atoms. The zero-order chi connectivity index (χ0) is 18.3. The van der Waals surface area contributed by atoms with E-state index in [0.717, 1.165) is 18.9 Å². The molecule has 1 saturated carbocycles. The molecule has 1 aliphatic carbocycles. The number of nitrogens with one attached hydrogen (secondary N) is 2. The van der Waals surface area contributed by atoms with E-state index in [2.05, 4.69) is 39.9 Å². The number of hydrogen-bond acceptors (Lipinski definition) is 3. The summed E-state index contributed by atoms with van der Waals surface area (Å²) in [5.41, 5.74) is 1.61. The molecular formula is C18H30N4O2S. The maximum absolute atomic E-state index is 11.6. The summed E-state index contributed by atoms with van der Waals surface area (Å²) in [5.74, 6) is 0.768. The van der Waals surface area contributed by atoms with Crippen LogP contribution in [0.3, 0.4) is 0 Å². The van der Waals surface area contributed by atoms with Gasteiger partial charge in [0.1, 0.15) is 0 Å². The molecule has 25 heavy (non-hydrogen) atoms. The lowest BCUT2D eigenvalue weighted by molar-refractivity contribution is 0.424. The largest absolute Gasteiger partial charge is 0.356 e. The summed E-state index contributed by atoms with van der Waals surface area (Å²) >= 11 is 0. The third-order valence-corrected chi connectivity index (χ3v) is 6.13. The molecule has 0 aromatic heterocycles. The third kappa shape index (κ3) is 5.71. The third-order valence-electron chi connectivity index (χ3n) is 4.76. The van der Waals surface area contributed by atoms with Gasteiger partial charge in [-0.15, -0.1) is 0 Å². The molecule has 1 fully saturated rings. The Balaban J connectivity index is 1.75. The van der Waals surface area contributed by atoms with E-state index >= 15 is 0 Å². The number of nitrogens with zero attached hydrogens (tertiary/aromatic N) is 2. The van der Waals surface area contributed by atoms with Crippen molar-refractivity contribution < 1.29 is 8.42 Å². The Morgan fingerprint density at radius 3 is 2.44 bits per heavy atom. The van der Waals surface area contributed by atoms with Gasteiger partial charge in [-0.3, -0.25) is 4.99 Å². The molecule has 1 aromatic carbocycles. The molecule has 1 aromatic rings. The predicted octanol–water partition coefficient (Wildman–Crippen LogP) is 1.55. The predicted molar refractivity (Wildman–Crippen MR) is 103 cm³/mol. The molecule has 0 amide bonds. The minimum Gasteiger partial charge on any atom is -0.356 e. The van der Waals surface area contributed by atoms with Crippen LogP contribution in [0.5, 0.6) is 0 Å². The molecular weight excluding hydrogens is 336 g/mol. The van der Waals surface area contributed by atoms with Crippen molar-refractivity contribution in [3.05, 3.63) is 35.9 Å². The molecule has 2 rings (SSSR count). The van der Waals surface area contributed by atoms with Gasteiger partial charge < -0.3 is 10.6 Å². The molecule has 0 radical (unpaired) electrons. The van der Waals surface area contributed by atoms with Crippen LogP contribution in [0.15, 0.2) is 35.3 Å². The molecule has 7 heteroatoms. The van der Waals surface area contributed by atoms with Crippen LogP contribution in [-0.4, -0.2) is 58.2 Å². The van der Waals surface area contributed by atoms with E-state index < -0.39 is 10.0 Å². The number of aliphatic imine (C=N–C) groups is 1. The Kier molecular flexibility index (Phi) is 6.84. The van der Waals surface area contributed by atoms with Crippen molar-refractivity contribution in [1.82, 2.24) is 14.9 Å². The Bertz CT molecular complexity index is 670. The normalized spacial score (nSPS) is 16.7. The Labute approximate surface area is 151 Å². The van der Waals surface area contributed by atoms with E-state index in [9.17, 15) is 8.42 Å². The fourth-order valence-electron chi connectivity index (χ4n) is 3.00. The number of sulfonamides is 1. The van der Waals surface area contributed by atoms with Crippen molar-refractivity contribution in [2.45, 2.75) is 31.6 Å². The summed E-state index contributed by atoms with van der Waals surface area (Å²) in [6, 6.07) is 10.6. The van der Waals surface area contributed by atoms with Crippen LogP contribution in [0, 0.1) is 0 Å². The molecule has 0 unspecified atom stereocenters. The average Bonchev–Trinajstić information content (AvgIpc) is 3.38. The number of rotatable bonds is 9.